The van der Waals surface area contributed by atoms with Gasteiger partial charge >= 0.3 is 0 Å². The molecule has 0 unspecified atom stereocenters. The molecule has 0 aliphatic heterocycles. The largest absolute Gasteiger partial charge is 0.335 e. The fourth-order valence-corrected chi connectivity index (χ4v) is 2.61. The number of aliphatic imine (C=N–C) groups is 2. The lowest BCUT2D eigenvalue weighted by Gasteiger charge is -2.09. The highest BCUT2D eigenvalue weighted by molar-refractivity contribution is 8.15. The molecule has 0 aliphatic carbocycles. The highest BCUT2D eigenvalue weighted by Crippen LogP contribution is 2.15. The number of hydrogen-bond donors (Lipinski definition) is 1. The van der Waals surface area contributed by atoms with E-state index in [9.17, 15) is 4.39 Å². The second-order valence-electron chi connectivity index (χ2n) is 3.83. The van der Waals surface area contributed by atoms with Gasteiger partial charge in [0.2, 0.25) is 0 Å². The molecule has 6 heteroatoms. The monoisotopic (exact) mass is 325 g/mol. The first-order chi connectivity index (χ1) is 10.2. The number of anilines is 1. The van der Waals surface area contributed by atoms with Crippen molar-refractivity contribution in [3.8, 4) is 0 Å². The molecule has 0 amide bonds. The molecule has 0 atom stereocenters. The van der Waals surface area contributed by atoms with Crippen LogP contribution in [0.2, 0.25) is 0 Å². The lowest BCUT2D eigenvalue weighted by atomic mass is 10.3. The number of thioether (sulfide) groups is 2. The minimum absolute atomic E-state index is 0.253. The summed E-state index contributed by atoms with van der Waals surface area (Å²) in [6, 6.07) is 6.22. The van der Waals surface area contributed by atoms with E-state index >= 15 is 0 Å². The first kappa shape index (κ1) is 17.8. The van der Waals surface area contributed by atoms with E-state index in [4.69, 9.17) is 0 Å². The van der Waals surface area contributed by atoms with Crippen molar-refractivity contribution in [2.75, 3.05) is 23.4 Å². The molecule has 1 rings (SSSR count). The first-order valence-corrected chi connectivity index (χ1v) is 8.68. The van der Waals surface area contributed by atoms with Gasteiger partial charge in [0.25, 0.3) is 0 Å². The van der Waals surface area contributed by atoms with Crippen molar-refractivity contribution in [3.63, 3.8) is 0 Å². The van der Waals surface area contributed by atoms with Gasteiger partial charge in [-0.15, -0.1) is 6.58 Å². The topological polar surface area (TPSA) is 36.8 Å². The van der Waals surface area contributed by atoms with E-state index < -0.39 is 0 Å². The fraction of sp³-hybridized carbons (Fsp3) is 0.333. The summed E-state index contributed by atoms with van der Waals surface area (Å²) in [7, 11) is 0. The minimum atomic E-state index is -0.253. The van der Waals surface area contributed by atoms with Gasteiger partial charge in [0.15, 0.2) is 10.3 Å². The molecule has 0 radical (unpaired) electrons. The molecule has 0 saturated carbocycles. The van der Waals surface area contributed by atoms with Gasteiger partial charge in [-0.25, -0.2) is 4.39 Å². The Morgan fingerprint density at radius 1 is 1.24 bits per heavy atom. The van der Waals surface area contributed by atoms with E-state index in [0.29, 0.717) is 6.54 Å². The van der Waals surface area contributed by atoms with Crippen LogP contribution in [0, 0.1) is 5.82 Å². The van der Waals surface area contributed by atoms with Crippen molar-refractivity contribution in [2.45, 2.75) is 13.8 Å². The van der Waals surface area contributed by atoms with Crippen LogP contribution in [0.5, 0.6) is 0 Å². The minimum Gasteiger partial charge on any atom is -0.335 e. The quantitative estimate of drug-likeness (QED) is 0.487. The van der Waals surface area contributed by atoms with Crippen LogP contribution in [-0.4, -0.2) is 28.4 Å². The molecule has 21 heavy (non-hydrogen) atoms. The fourth-order valence-electron chi connectivity index (χ4n) is 1.36. The molecule has 1 N–H and O–H groups in total. The Balaban J connectivity index is 2.88. The van der Waals surface area contributed by atoms with Crippen molar-refractivity contribution in [1.29, 1.82) is 0 Å². The van der Waals surface area contributed by atoms with Crippen LogP contribution in [0.4, 0.5) is 10.1 Å². The third-order valence-corrected chi connectivity index (χ3v) is 3.73. The predicted octanol–water partition coefficient (Wildman–Crippen LogP) is 4.64. The van der Waals surface area contributed by atoms with Gasteiger partial charge in [0.1, 0.15) is 5.82 Å². The Hall–Kier alpha value is -1.27. The van der Waals surface area contributed by atoms with Crippen LogP contribution in [0.3, 0.4) is 0 Å². The van der Waals surface area contributed by atoms with Crippen LogP contribution in [0.15, 0.2) is 46.9 Å². The Bertz CT molecular complexity index is 498. The van der Waals surface area contributed by atoms with Crippen LogP contribution in [-0.2, 0) is 0 Å². The smallest absolute Gasteiger partial charge is 0.185 e. The molecule has 0 saturated heterocycles. The molecule has 1 aromatic carbocycles. The summed E-state index contributed by atoms with van der Waals surface area (Å²) < 4.78 is 12.9. The number of nitrogens with zero attached hydrogens (tertiary/aromatic N) is 2. The number of rotatable bonds is 5. The Kier molecular flexibility index (Phi) is 8.85. The molecule has 114 valence electrons. The molecule has 0 aromatic heterocycles. The van der Waals surface area contributed by atoms with Crippen LogP contribution >= 0.6 is 23.5 Å². The zero-order chi connectivity index (χ0) is 15.5. The van der Waals surface area contributed by atoms with E-state index in [1.165, 1.54) is 12.1 Å². The first-order valence-electron chi connectivity index (χ1n) is 6.71. The second kappa shape index (κ2) is 10.5. The molecule has 0 aliphatic rings. The zero-order valence-corrected chi connectivity index (χ0v) is 13.9. The number of benzene rings is 1. The molecular weight excluding hydrogens is 305 g/mol. The molecule has 0 bridgehead atoms. The SMILES string of the molecule is C=CCN=C(/N=C(/Nc1ccc(F)cc1)SCC)SCC. The van der Waals surface area contributed by atoms with Gasteiger partial charge in [-0.05, 0) is 35.8 Å². The van der Waals surface area contributed by atoms with E-state index in [2.05, 4.69) is 35.7 Å². The zero-order valence-electron chi connectivity index (χ0n) is 12.3. The average molecular weight is 325 g/mol. The van der Waals surface area contributed by atoms with Crippen molar-refractivity contribution < 1.29 is 4.39 Å². The van der Waals surface area contributed by atoms with Crippen LogP contribution in [0.1, 0.15) is 13.8 Å². The van der Waals surface area contributed by atoms with E-state index in [0.717, 1.165) is 27.5 Å². The van der Waals surface area contributed by atoms with Gasteiger partial charge in [-0.3, -0.25) is 4.99 Å². The van der Waals surface area contributed by atoms with Gasteiger partial charge < -0.3 is 5.32 Å². The number of halogens is 1. The van der Waals surface area contributed by atoms with E-state index in [-0.39, 0.29) is 5.82 Å². The van der Waals surface area contributed by atoms with Crippen molar-refractivity contribution >= 4 is 39.5 Å². The summed E-state index contributed by atoms with van der Waals surface area (Å²) in [5.41, 5.74) is 0.806. The van der Waals surface area contributed by atoms with Gasteiger partial charge in [-0.2, -0.15) is 4.99 Å². The summed E-state index contributed by atoms with van der Waals surface area (Å²) in [5.74, 6) is 1.54. The summed E-state index contributed by atoms with van der Waals surface area (Å²) in [6.45, 7) is 8.33. The van der Waals surface area contributed by atoms with Crippen LogP contribution < -0.4 is 5.32 Å². The van der Waals surface area contributed by atoms with Gasteiger partial charge in [-0.1, -0.05) is 43.4 Å². The lowest BCUT2D eigenvalue weighted by Crippen LogP contribution is -2.10. The Labute approximate surface area is 134 Å². The highest BCUT2D eigenvalue weighted by atomic mass is 32.2. The van der Waals surface area contributed by atoms with Crippen molar-refractivity contribution in [3.05, 3.63) is 42.7 Å². The van der Waals surface area contributed by atoms with Crippen molar-refractivity contribution in [1.82, 2.24) is 0 Å². The third kappa shape index (κ3) is 7.34. The van der Waals surface area contributed by atoms with Crippen molar-refractivity contribution in [2.24, 2.45) is 9.98 Å². The maximum absolute atomic E-state index is 12.9. The van der Waals surface area contributed by atoms with E-state index in [1.54, 1.807) is 41.7 Å². The molecule has 3 nitrogen and oxygen atoms in total. The molecule has 0 heterocycles. The number of nitrogens with one attached hydrogen (secondary N) is 1. The maximum Gasteiger partial charge on any atom is 0.185 e. The van der Waals surface area contributed by atoms with Gasteiger partial charge in [0.05, 0.1) is 6.54 Å². The molecule has 0 fully saturated rings. The Morgan fingerprint density at radius 2 is 1.90 bits per heavy atom. The average Bonchev–Trinajstić information content (AvgIpc) is 2.47. The second-order valence-corrected chi connectivity index (χ2v) is 6.31. The summed E-state index contributed by atoms with van der Waals surface area (Å²) >= 11 is 3.17. The summed E-state index contributed by atoms with van der Waals surface area (Å²) in [5, 5.41) is 4.68. The predicted molar refractivity (Wildman–Crippen MR) is 96.2 cm³/mol. The highest BCUT2D eigenvalue weighted by Gasteiger charge is 2.04. The lowest BCUT2D eigenvalue weighted by molar-refractivity contribution is 0.628. The molecule has 0 spiro atoms. The molecule has 1 aromatic rings. The molecular formula is C15H20FN3S2. The number of amidine groups is 2. The van der Waals surface area contributed by atoms with Crippen LogP contribution in [0.25, 0.3) is 0 Å². The number of hydrogen-bond acceptors (Lipinski definition) is 3. The van der Waals surface area contributed by atoms with Gasteiger partial charge in [0, 0.05) is 5.69 Å². The van der Waals surface area contributed by atoms with E-state index in [1.807, 2.05) is 0 Å². The standard InChI is InChI=1S/C15H20FN3S2/c1-4-11-17-14(20-5-2)19-15(21-6-3)18-13-9-7-12(16)8-10-13/h4,7-10H,1,5-6,11H2,2-3H3,(H,17,18,19). The summed E-state index contributed by atoms with van der Waals surface area (Å²) in [4.78, 5) is 8.92. The summed E-state index contributed by atoms with van der Waals surface area (Å²) in [6.07, 6.45) is 1.74. The normalized spacial score (nSPS) is 12.3. The Morgan fingerprint density at radius 3 is 2.48 bits per heavy atom. The third-order valence-electron chi connectivity index (χ3n) is 2.20. The maximum atomic E-state index is 12.9.